The van der Waals surface area contributed by atoms with Crippen LogP contribution in [0.2, 0.25) is 5.02 Å². The van der Waals surface area contributed by atoms with Gasteiger partial charge in [-0.2, -0.15) is 0 Å². The van der Waals surface area contributed by atoms with Crippen molar-refractivity contribution in [3.63, 3.8) is 0 Å². The third kappa shape index (κ3) is 3.31. The first kappa shape index (κ1) is 17.0. The Morgan fingerprint density at radius 1 is 1.19 bits per heavy atom. The van der Waals surface area contributed by atoms with Crippen molar-refractivity contribution >= 4 is 33.2 Å². The number of halogens is 1. The Hall–Kier alpha value is -2.41. The Morgan fingerprint density at radius 2 is 2.04 bits per heavy atom. The molecule has 0 saturated carbocycles. The highest BCUT2D eigenvalue weighted by atomic mass is 35.5. The molecular formula is C19H16ClN3O2S. The standard InChI is InChI=1S/C19H16ClN3O2S/c1-23(9-12-5-4-8-25-12)10-16-21-18(24)17-14(11-26-19(17)22-16)13-6-2-3-7-15(13)20/h2-8,11H,9-10H2,1H3,(H,21,22,24). The van der Waals surface area contributed by atoms with Crippen LogP contribution in [0.5, 0.6) is 0 Å². The molecule has 0 saturated heterocycles. The maximum atomic E-state index is 12.7. The highest BCUT2D eigenvalue weighted by molar-refractivity contribution is 7.17. The van der Waals surface area contributed by atoms with Gasteiger partial charge in [-0.15, -0.1) is 11.3 Å². The van der Waals surface area contributed by atoms with Crippen LogP contribution >= 0.6 is 22.9 Å². The quantitative estimate of drug-likeness (QED) is 0.548. The van der Waals surface area contributed by atoms with E-state index in [1.54, 1.807) is 6.26 Å². The number of hydrogen-bond donors (Lipinski definition) is 1. The number of rotatable bonds is 5. The number of furan rings is 1. The predicted molar refractivity (Wildman–Crippen MR) is 105 cm³/mol. The molecule has 1 aromatic carbocycles. The molecule has 132 valence electrons. The van der Waals surface area contributed by atoms with Gasteiger partial charge in [0.1, 0.15) is 16.4 Å². The lowest BCUT2D eigenvalue weighted by Gasteiger charge is -2.14. The summed E-state index contributed by atoms with van der Waals surface area (Å²) < 4.78 is 5.35. The summed E-state index contributed by atoms with van der Waals surface area (Å²) in [7, 11) is 1.95. The van der Waals surface area contributed by atoms with Gasteiger partial charge in [-0.3, -0.25) is 9.69 Å². The van der Waals surface area contributed by atoms with Crippen LogP contribution in [0.3, 0.4) is 0 Å². The molecule has 0 unspecified atom stereocenters. The van der Waals surface area contributed by atoms with Crippen molar-refractivity contribution in [1.82, 2.24) is 14.9 Å². The molecule has 3 aromatic heterocycles. The molecule has 0 radical (unpaired) electrons. The number of aromatic nitrogens is 2. The van der Waals surface area contributed by atoms with Gasteiger partial charge in [-0.05, 0) is 25.2 Å². The number of nitrogens with one attached hydrogen (secondary N) is 1. The Kier molecular flexibility index (Phi) is 4.63. The molecule has 0 aliphatic carbocycles. The van der Waals surface area contributed by atoms with Crippen LogP contribution in [-0.2, 0) is 13.1 Å². The van der Waals surface area contributed by atoms with Gasteiger partial charge in [0.25, 0.3) is 5.56 Å². The van der Waals surface area contributed by atoms with Gasteiger partial charge < -0.3 is 9.40 Å². The van der Waals surface area contributed by atoms with Gasteiger partial charge in [0.2, 0.25) is 0 Å². The summed E-state index contributed by atoms with van der Waals surface area (Å²) in [5, 5.41) is 3.14. The third-order valence-corrected chi connectivity index (χ3v) is 5.28. The van der Waals surface area contributed by atoms with E-state index in [0.29, 0.717) is 34.2 Å². The van der Waals surface area contributed by atoms with E-state index in [9.17, 15) is 4.79 Å². The second kappa shape index (κ2) is 7.07. The fourth-order valence-corrected chi connectivity index (χ4v) is 4.12. The van der Waals surface area contributed by atoms with Crippen LogP contribution < -0.4 is 5.56 Å². The molecule has 0 atom stereocenters. The topological polar surface area (TPSA) is 62.1 Å². The van der Waals surface area contributed by atoms with Gasteiger partial charge in [-0.1, -0.05) is 29.8 Å². The van der Waals surface area contributed by atoms with Crippen LogP contribution in [0, 0.1) is 0 Å². The van der Waals surface area contributed by atoms with E-state index in [2.05, 4.69) is 9.97 Å². The number of fused-ring (bicyclic) bond motifs is 1. The second-order valence-corrected chi connectivity index (χ2v) is 7.34. The number of H-pyrrole nitrogens is 1. The molecule has 0 spiro atoms. The minimum Gasteiger partial charge on any atom is -0.468 e. The van der Waals surface area contributed by atoms with Gasteiger partial charge >= 0.3 is 0 Å². The van der Waals surface area contributed by atoms with E-state index < -0.39 is 0 Å². The Labute approximate surface area is 158 Å². The first-order valence-electron chi connectivity index (χ1n) is 8.08. The molecule has 0 bridgehead atoms. The number of nitrogens with zero attached hydrogens (tertiary/aromatic N) is 2. The zero-order valence-corrected chi connectivity index (χ0v) is 15.6. The average Bonchev–Trinajstić information content (AvgIpc) is 3.25. The highest BCUT2D eigenvalue weighted by Crippen LogP contribution is 2.34. The zero-order valence-electron chi connectivity index (χ0n) is 14.0. The van der Waals surface area contributed by atoms with Crippen LogP contribution in [0.15, 0.2) is 57.3 Å². The van der Waals surface area contributed by atoms with Gasteiger partial charge in [0.15, 0.2) is 0 Å². The lowest BCUT2D eigenvalue weighted by Crippen LogP contribution is -2.21. The molecule has 0 amide bonds. The van der Waals surface area contributed by atoms with Crippen molar-refractivity contribution in [3.05, 3.63) is 75.0 Å². The van der Waals surface area contributed by atoms with Crippen molar-refractivity contribution in [2.24, 2.45) is 0 Å². The molecule has 1 N–H and O–H groups in total. The van der Waals surface area contributed by atoms with Crippen LogP contribution in [-0.4, -0.2) is 21.9 Å². The molecule has 0 fully saturated rings. The second-order valence-electron chi connectivity index (χ2n) is 6.07. The van der Waals surface area contributed by atoms with E-state index in [4.69, 9.17) is 16.0 Å². The van der Waals surface area contributed by atoms with E-state index in [-0.39, 0.29) is 5.56 Å². The minimum absolute atomic E-state index is 0.146. The van der Waals surface area contributed by atoms with Crippen molar-refractivity contribution in [3.8, 4) is 11.1 Å². The van der Waals surface area contributed by atoms with Gasteiger partial charge in [-0.25, -0.2) is 4.98 Å². The zero-order chi connectivity index (χ0) is 18.1. The van der Waals surface area contributed by atoms with E-state index >= 15 is 0 Å². The van der Waals surface area contributed by atoms with Gasteiger partial charge in [0.05, 0.1) is 24.7 Å². The van der Waals surface area contributed by atoms with Crippen LogP contribution in [0.4, 0.5) is 0 Å². The number of thiophene rings is 1. The van der Waals surface area contributed by atoms with Crippen molar-refractivity contribution in [2.45, 2.75) is 13.1 Å². The Bertz CT molecular complexity index is 1100. The maximum Gasteiger partial charge on any atom is 0.260 e. The van der Waals surface area contributed by atoms with Crippen molar-refractivity contribution in [2.75, 3.05) is 7.05 Å². The van der Waals surface area contributed by atoms with E-state index in [1.165, 1.54) is 11.3 Å². The largest absolute Gasteiger partial charge is 0.468 e. The molecule has 4 aromatic rings. The monoisotopic (exact) mass is 385 g/mol. The van der Waals surface area contributed by atoms with Crippen LogP contribution in [0.25, 0.3) is 21.3 Å². The first-order valence-corrected chi connectivity index (χ1v) is 9.34. The van der Waals surface area contributed by atoms with Crippen molar-refractivity contribution in [1.29, 1.82) is 0 Å². The summed E-state index contributed by atoms with van der Waals surface area (Å²) >= 11 is 7.74. The molecule has 26 heavy (non-hydrogen) atoms. The van der Waals surface area contributed by atoms with Gasteiger partial charge in [0, 0.05) is 21.5 Å². The smallest absolute Gasteiger partial charge is 0.260 e. The van der Waals surface area contributed by atoms with Crippen molar-refractivity contribution < 1.29 is 4.42 Å². The third-order valence-electron chi connectivity index (χ3n) is 4.08. The summed E-state index contributed by atoms with van der Waals surface area (Å²) in [5.74, 6) is 1.50. The number of aromatic amines is 1. The Balaban J connectivity index is 1.66. The molecule has 4 rings (SSSR count). The predicted octanol–water partition coefficient (Wildman–Crippen LogP) is 4.53. The fourth-order valence-electron chi connectivity index (χ4n) is 2.93. The number of hydrogen-bond acceptors (Lipinski definition) is 5. The normalized spacial score (nSPS) is 11.5. The molecular weight excluding hydrogens is 370 g/mol. The lowest BCUT2D eigenvalue weighted by atomic mass is 10.1. The summed E-state index contributed by atoms with van der Waals surface area (Å²) in [6, 6.07) is 11.3. The maximum absolute atomic E-state index is 12.7. The molecule has 0 aliphatic rings. The molecule has 0 aliphatic heterocycles. The fraction of sp³-hybridized carbons (Fsp3) is 0.158. The summed E-state index contributed by atoms with van der Waals surface area (Å²) in [4.78, 5) is 23.0. The molecule has 7 heteroatoms. The average molecular weight is 386 g/mol. The SMILES string of the molecule is CN(Cc1nc2scc(-c3ccccc3Cl)c2c(=O)[nH]1)Cc1ccco1. The summed E-state index contributed by atoms with van der Waals surface area (Å²) in [6.45, 7) is 1.16. The number of benzene rings is 1. The summed E-state index contributed by atoms with van der Waals surface area (Å²) in [5.41, 5.74) is 1.52. The molecule has 5 nitrogen and oxygen atoms in total. The minimum atomic E-state index is -0.146. The van der Waals surface area contributed by atoms with E-state index in [0.717, 1.165) is 16.9 Å². The molecule has 3 heterocycles. The highest BCUT2D eigenvalue weighted by Gasteiger charge is 2.15. The van der Waals surface area contributed by atoms with Crippen LogP contribution in [0.1, 0.15) is 11.6 Å². The lowest BCUT2D eigenvalue weighted by molar-refractivity contribution is 0.281. The first-order chi connectivity index (χ1) is 12.6. The summed E-state index contributed by atoms with van der Waals surface area (Å²) in [6.07, 6.45) is 1.65. The Morgan fingerprint density at radius 3 is 2.81 bits per heavy atom. The van der Waals surface area contributed by atoms with E-state index in [1.807, 2.05) is 53.7 Å².